The molecule has 2 N–H and O–H groups in total. The van der Waals surface area contributed by atoms with Crippen LogP contribution in [0.4, 0.5) is 5.82 Å². The van der Waals surface area contributed by atoms with Gasteiger partial charge < -0.3 is 10.4 Å². The Morgan fingerprint density at radius 1 is 1.59 bits per heavy atom. The predicted molar refractivity (Wildman–Crippen MR) is 66.5 cm³/mol. The minimum atomic E-state index is -1.03. The molecule has 17 heavy (non-hydrogen) atoms. The molecule has 0 amide bonds. The zero-order valence-electron chi connectivity index (χ0n) is 9.17. The lowest BCUT2D eigenvalue weighted by Crippen LogP contribution is -2.09. The van der Waals surface area contributed by atoms with Crippen molar-refractivity contribution in [2.75, 3.05) is 11.9 Å². The molecular formula is C11H11N3O2S. The fraction of sp³-hybridized carbons (Fsp3) is 0.182. The number of thiophene rings is 1. The molecule has 2 aromatic rings. The smallest absolute Gasteiger partial charge is 0.341 e. The molecule has 2 aromatic heterocycles. The van der Waals surface area contributed by atoms with Crippen LogP contribution in [0.3, 0.4) is 0 Å². The van der Waals surface area contributed by atoms with E-state index in [1.165, 1.54) is 17.5 Å². The molecule has 0 aliphatic carbocycles. The third-order valence-electron chi connectivity index (χ3n) is 2.10. The molecule has 0 radical (unpaired) electrons. The molecule has 6 heteroatoms. The van der Waals surface area contributed by atoms with Crippen LogP contribution < -0.4 is 5.32 Å². The van der Waals surface area contributed by atoms with Crippen LogP contribution in [0.1, 0.15) is 17.3 Å². The summed E-state index contributed by atoms with van der Waals surface area (Å²) in [6.45, 7) is 2.50. The van der Waals surface area contributed by atoms with Gasteiger partial charge in [-0.2, -0.15) is 0 Å². The maximum Gasteiger partial charge on any atom is 0.341 e. The van der Waals surface area contributed by atoms with Crippen LogP contribution in [-0.2, 0) is 0 Å². The molecule has 0 bridgehead atoms. The van der Waals surface area contributed by atoms with E-state index in [0.717, 1.165) is 4.88 Å². The van der Waals surface area contributed by atoms with Crippen molar-refractivity contribution in [1.29, 1.82) is 0 Å². The first-order chi connectivity index (χ1) is 8.22. The number of carboxylic acids is 1. The van der Waals surface area contributed by atoms with E-state index in [1.54, 1.807) is 0 Å². The molecule has 2 rings (SSSR count). The molecular weight excluding hydrogens is 238 g/mol. The number of hydrogen-bond acceptors (Lipinski definition) is 5. The van der Waals surface area contributed by atoms with Crippen molar-refractivity contribution in [1.82, 2.24) is 9.97 Å². The number of carboxylic acid groups (broad SMARTS) is 1. The molecule has 0 saturated heterocycles. The number of nitrogens with one attached hydrogen (secondary N) is 1. The van der Waals surface area contributed by atoms with Crippen LogP contribution in [0.5, 0.6) is 0 Å². The monoisotopic (exact) mass is 249 g/mol. The number of carbonyl (C=O) groups is 1. The average molecular weight is 249 g/mol. The van der Waals surface area contributed by atoms with E-state index in [-0.39, 0.29) is 5.56 Å². The minimum Gasteiger partial charge on any atom is -0.477 e. The zero-order chi connectivity index (χ0) is 12.3. The third kappa shape index (κ3) is 2.42. The standard InChI is InChI=1S/C11H11N3O2S/c1-2-12-9-7(11(15)16)6-13-10(14-9)8-4-3-5-17-8/h3-6H,2H2,1H3,(H,15,16)(H,12,13,14). The van der Waals surface area contributed by atoms with Crippen molar-refractivity contribution in [2.24, 2.45) is 0 Å². The van der Waals surface area contributed by atoms with E-state index in [4.69, 9.17) is 5.11 Å². The first kappa shape index (κ1) is 11.5. The van der Waals surface area contributed by atoms with Crippen LogP contribution in [0.15, 0.2) is 23.7 Å². The number of rotatable bonds is 4. The summed E-state index contributed by atoms with van der Waals surface area (Å²) < 4.78 is 0. The number of aromatic carboxylic acids is 1. The summed E-state index contributed by atoms with van der Waals surface area (Å²) in [5.74, 6) is -0.127. The summed E-state index contributed by atoms with van der Waals surface area (Å²) in [4.78, 5) is 20.2. The normalized spacial score (nSPS) is 10.2. The van der Waals surface area contributed by atoms with Crippen molar-refractivity contribution < 1.29 is 9.90 Å². The maximum absolute atomic E-state index is 11.0. The zero-order valence-corrected chi connectivity index (χ0v) is 9.99. The number of hydrogen-bond donors (Lipinski definition) is 2. The molecule has 5 nitrogen and oxygen atoms in total. The number of anilines is 1. The summed E-state index contributed by atoms with van der Waals surface area (Å²) in [6, 6.07) is 3.80. The van der Waals surface area contributed by atoms with Gasteiger partial charge >= 0.3 is 5.97 Å². The summed E-state index contributed by atoms with van der Waals surface area (Å²) >= 11 is 1.52. The molecule has 0 fully saturated rings. The first-order valence-corrected chi connectivity index (χ1v) is 5.98. The molecule has 0 spiro atoms. The third-order valence-corrected chi connectivity index (χ3v) is 2.97. The second-order valence-electron chi connectivity index (χ2n) is 3.27. The van der Waals surface area contributed by atoms with Gasteiger partial charge in [0.2, 0.25) is 0 Å². The Labute approximate surface area is 102 Å². The van der Waals surface area contributed by atoms with E-state index in [1.807, 2.05) is 24.4 Å². The minimum absolute atomic E-state index is 0.0900. The van der Waals surface area contributed by atoms with E-state index in [2.05, 4.69) is 15.3 Å². The second-order valence-corrected chi connectivity index (χ2v) is 4.22. The lowest BCUT2D eigenvalue weighted by Gasteiger charge is -2.07. The van der Waals surface area contributed by atoms with Crippen LogP contribution in [0.2, 0.25) is 0 Å². The van der Waals surface area contributed by atoms with Gasteiger partial charge in [-0.25, -0.2) is 14.8 Å². The van der Waals surface area contributed by atoms with Crippen molar-refractivity contribution >= 4 is 23.1 Å². The van der Waals surface area contributed by atoms with Gasteiger partial charge in [-0.15, -0.1) is 11.3 Å². The molecule has 88 valence electrons. The van der Waals surface area contributed by atoms with Crippen LogP contribution in [0, 0.1) is 0 Å². The second kappa shape index (κ2) is 4.92. The topological polar surface area (TPSA) is 75.1 Å². The van der Waals surface area contributed by atoms with Crippen molar-refractivity contribution in [3.05, 3.63) is 29.3 Å². The Bertz CT molecular complexity index is 526. The highest BCUT2D eigenvalue weighted by Crippen LogP contribution is 2.23. The molecule has 2 heterocycles. The Balaban J connectivity index is 2.45. The van der Waals surface area contributed by atoms with E-state index >= 15 is 0 Å². The molecule has 0 unspecified atom stereocenters. The van der Waals surface area contributed by atoms with Gasteiger partial charge in [-0.1, -0.05) is 6.07 Å². The van der Waals surface area contributed by atoms with Gasteiger partial charge in [0, 0.05) is 12.7 Å². The maximum atomic E-state index is 11.0. The fourth-order valence-electron chi connectivity index (χ4n) is 1.37. The SMILES string of the molecule is CCNc1nc(-c2cccs2)ncc1C(=O)O. The Kier molecular flexibility index (Phi) is 3.34. The Morgan fingerprint density at radius 3 is 3.00 bits per heavy atom. The summed E-state index contributed by atoms with van der Waals surface area (Å²) in [7, 11) is 0. The van der Waals surface area contributed by atoms with Gasteiger partial charge in [0.1, 0.15) is 11.4 Å². The molecule has 0 atom stereocenters. The number of aromatic nitrogens is 2. The van der Waals surface area contributed by atoms with Gasteiger partial charge in [0.15, 0.2) is 5.82 Å². The van der Waals surface area contributed by atoms with Crippen LogP contribution in [0.25, 0.3) is 10.7 Å². The summed E-state index contributed by atoms with van der Waals surface area (Å²) in [5.41, 5.74) is 0.0900. The predicted octanol–water partition coefficient (Wildman–Crippen LogP) is 2.34. The van der Waals surface area contributed by atoms with E-state index in [9.17, 15) is 4.79 Å². The quantitative estimate of drug-likeness (QED) is 0.869. The fourth-order valence-corrected chi connectivity index (χ4v) is 2.03. The van der Waals surface area contributed by atoms with Crippen molar-refractivity contribution in [3.8, 4) is 10.7 Å². The van der Waals surface area contributed by atoms with Gasteiger partial charge in [-0.05, 0) is 18.4 Å². The van der Waals surface area contributed by atoms with Crippen molar-refractivity contribution in [2.45, 2.75) is 6.92 Å². The van der Waals surface area contributed by atoms with E-state index in [0.29, 0.717) is 18.2 Å². The first-order valence-electron chi connectivity index (χ1n) is 5.10. The number of nitrogens with zero attached hydrogens (tertiary/aromatic N) is 2. The Hall–Kier alpha value is -1.95. The van der Waals surface area contributed by atoms with E-state index < -0.39 is 5.97 Å². The molecule has 0 saturated carbocycles. The Morgan fingerprint density at radius 2 is 2.41 bits per heavy atom. The van der Waals surface area contributed by atoms with Crippen LogP contribution in [-0.4, -0.2) is 27.6 Å². The molecule has 0 aromatic carbocycles. The van der Waals surface area contributed by atoms with Gasteiger partial charge in [0.05, 0.1) is 4.88 Å². The largest absolute Gasteiger partial charge is 0.477 e. The van der Waals surface area contributed by atoms with Gasteiger partial charge in [-0.3, -0.25) is 0 Å². The highest BCUT2D eigenvalue weighted by molar-refractivity contribution is 7.13. The average Bonchev–Trinajstić information content (AvgIpc) is 2.82. The molecule has 0 aliphatic rings. The van der Waals surface area contributed by atoms with Crippen LogP contribution >= 0.6 is 11.3 Å². The highest BCUT2D eigenvalue weighted by atomic mass is 32.1. The highest BCUT2D eigenvalue weighted by Gasteiger charge is 2.13. The summed E-state index contributed by atoms with van der Waals surface area (Å²) in [5, 5.41) is 13.9. The lowest BCUT2D eigenvalue weighted by molar-refractivity contribution is 0.0697. The summed E-state index contributed by atoms with van der Waals surface area (Å²) in [6.07, 6.45) is 1.34. The lowest BCUT2D eigenvalue weighted by atomic mass is 10.3. The van der Waals surface area contributed by atoms with Crippen molar-refractivity contribution in [3.63, 3.8) is 0 Å². The van der Waals surface area contributed by atoms with Gasteiger partial charge in [0.25, 0.3) is 0 Å². The molecule has 0 aliphatic heterocycles.